The van der Waals surface area contributed by atoms with Crippen molar-refractivity contribution in [2.45, 2.75) is 32.1 Å². The number of thiophene rings is 1. The van der Waals surface area contributed by atoms with Crippen LogP contribution in [0.3, 0.4) is 0 Å². The third-order valence-electron chi connectivity index (χ3n) is 5.01. The number of nitrogens with zero attached hydrogens (tertiary/aromatic N) is 2. The van der Waals surface area contributed by atoms with E-state index in [0.29, 0.717) is 6.61 Å². The van der Waals surface area contributed by atoms with Crippen LogP contribution in [0.5, 0.6) is 0 Å². The molecule has 1 saturated heterocycles. The monoisotopic (exact) mass is 380 g/mol. The highest BCUT2D eigenvalue weighted by Crippen LogP contribution is 2.19. The van der Waals surface area contributed by atoms with Crippen LogP contribution in [0.4, 0.5) is 0 Å². The summed E-state index contributed by atoms with van der Waals surface area (Å²) in [6.45, 7) is 2.90. The van der Waals surface area contributed by atoms with E-state index in [2.05, 4.69) is 23.6 Å². The van der Waals surface area contributed by atoms with Gasteiger partial charge in [-0.05, 0) is 42.0 Å². The predicted molar refractivity (Wildman–Crippen MR) is 108 cm³/mol. The molecule has 140 valence electrons. The van der Waals surface area contributed by atoms with Crippen molar-refractivity contribution in [2.75, 3.05) is 13.1 Å². The molecule has 0 unspecified atom stereocenters. The van der Waals surface area contributed by atoms with E-state index in [4.69, 9.17) is 4.74 Å². The van der Waals surface area contributed by atoms with E-state index < -0.39 is 0 Å². The summed E-state index contributed by atoms with van der Waals surface area (Å²) < 4.78 is 8.09. The van der Waals surface area contributed by atoms with E-state index in [1.807, 2.05) is 52.1 Å². The smallest absolute Gasteiger partial charge is 0.270 e. The molecule has 0 bridgehead atoms. The van der Waals surface area contributed by atoms with Gasteiger partial charge < -0.3 is 14.2 Å². The van der Waals surface area contributed by atoms with Gasteiger partial charge in [-0.3, -0.25) is 4.79 Å². The Labute approximate surface area is 164 Å². The molecule has 0 spiro atoms. The van der Waals surface area contributed by atoms with Crippen molar-refractivity contribution in [1.29, 1.82) is 0 Å². The van der Waals surface area contributed by atoms with Gasteiger partial charge in [-0.15, -0.1) is 11.3 Å². The van der Waals surface area contributed by atoms with Crippen molar-refractivity contribution < 1.29 is 9.53 Å². The number of hydrogen-bond donors (Lipinski definition) is 0. The van der Waals surface area contributed by atoms with Gasteiger partial charge in [0.15, 0.2) is 0 Å². The molecule has 1 aromatic carbocycles. The fraction of sp³-hybridized carbons (Fsp3) is 0.318. The Morgan fingerprint density at radius 3 is 2.59 bits per heavy atom. The average Bonchev–Trinajstić information content (AvgIpc) is 3.40. The maximum absolute atomic E-state index is 13.0. The molecule has 1 aliphatic heterocycles. The second kappa shape index (κ2) is 8.55. The molecular weight excluding hydrogens is 356 g/mol. The molecule has 27 heavy (non-hydrogen) atoms. The van der Waals surface area contributed by atoms with E-state index in [0.717, 1.165) is 38.2 Å². The van der Waals surface area contributed by atoms with Crippen molar-refractivity contribution in [3.8, 4) is 0 Å². The molecule has 1 fully saturated rings. The Morgan fingerprint density at radius 2 is 1.85 bits per heavy atom. The van der Waals surface area contributed by atoms with E-state index in [1.54, 1.807) is 11.3 Å². The second-order valence-electron chi connectivity index (χ2n) is 6.89. The van der Waals surface area contributed by atoms with Crippen LogP contribution in [-0.4, -0.2) is 34.6 Å². The number of carbonyl (C=O) groups excluding carboxylic acids is 1. The highest BCUT2D eigenvalue weighted by molar-refractivity contribution is 7.09. The van der Waals surface area contributed by atoms with Crippen LogP contribution in [0.15, 0.2) is 66.2 Å². The van der Waals surface area contributed by atoms with Crippen LogP contribution < -0.4 is 0 Å². The average molecular weight is 381 g/mol. The van der Waals surface area contributed by atoms with E-state index in [-0.39, 0.29) is 12.0 Å². The molecule has 4 rings (SSSR count). The zero-order chi connectivity index (χ0) is 18.5. The van der Waals surface area contributed by atoms with Gasteiger partial charge >= 0.3 is 0 Å². The third-order valence-corrected chi connectivity index (χ3v) is 5.87. The van der Waals surface area contributed by atoms with Gasteiger partial charge in [0.05, 0.1) is 19.3 Å². The zero-order valence-electron chi connectivity index (χ0n) is 15.3. The quantitative estimate of drug-likeness (QED) is 0.634. The lowest BCUT2D eigenvalue weighted by molar-refractivity contribution is -0.000595. The number of carbonyl (C=O) groups is 1. The Kier molecular flexibility index (Phi) is 5.70. The van der Waals surface area contributed by atoms with Crippen molar-refractivity contribution in [3.05, 3.63) is 82.3 Å². The Balaban J connectivity index is 1.31. The van der Waals surface area contributed by atoms with E-state index in [9.17, 15) is 4.79 Å². The van der Waals surface area contributed by atoms with Gasteiger partial charge in [-0.2, -0.15) is 0 Å². The Morgan fingerprint density at radius 1 is 1.04 bits per heavy atom. The first kappa shape index (κ1) is 18.0. The normalized spacial score (nSPS) is 15.2. The molecule has 1 amide bonds. The number of likely N-dealkylation sites (tertiary alicyclic amines) is 1. The van der Waals surface area contributed by atoms with Gasteiger partial charge in [0.25, 0.3) is 5.91 Å². The fourth-order valence-corrected chi connectivity index (χ4v) is 4.20. The van der Waals surface area contributed by atoms with E-state index in [1.165, 1.54) is 10.4 Å². The molecule has 0 saturated carbocycles. The summed E-state index contributed by atoms with van der Waals surface area (Å²) in [6.07, 6.45) is 4.00. The number of amides is 1. The predicted octanol–water partition coefficient (Wildman–Crippen LogP) is 4.42. The van der Waals surface area contributed by atoms with Gasteiger partial charge in [0.2, 0.25) is 0 Å². The summed E-state index contributed by atoms with van der Waals surface area (Å²) in [5.74, 6) is 0.123. The number of ether oxygens (including phenoxy) is 1. The van der Waals surface area contributed by atoms with E-state index >= 15 is 0 Å². The standard InChI is InChI=1S/C22H24N2O2S/c25-22(21-9-4-12-24(21)16-20-8-5-15-27-20)23-13-10-19(11-14-23)26-17-18-6-2-1-3-7-18/h1-9,12,15,19H,10-11,13-14,16-17H2. The zero-order valence-corrected chi connectivity index (χ0v) is 16.1. The van der Waals surface area contributed by atoms with Crippen molar-refractivity contribution in [1.82, 2.24) is 9.47 Å². The first-order valence-electron chi connectivity index (χ1n) is 9.42. The van der Waals surface area contributed by atoms with Crippen molar-refractivity contribution >= 4 is 17.2 Å². The molecule has 3 heterocycles. The molecule has 0 aliphatic carbocycles. The lowest BCUT2D eigenvalue weighted by Crippen LogP contribution is -2.41. The van der Waals surface area contributed by atoms with Crippen molar-refractivity contribution in [3.63, 3.8) is 0 Å². The summed E-state index contributed by atoms with van der Waals surface area (Å²) in [5, 5.41) is 2.07. The lowest BCUT2D eigenvalue weighted by atomic mass is 10.1. The van der Waals surface area contributed by atoms with Crippen molar-refractivity contribution in [2.24, 2.45) is 0 Å². The summed E-state index contributed by atoms with van der Waals surface area (Å²) in [4.78, 5) is 16.2. The molecule has 5 heteroatoms. The molecule has 1 aliphatic rings. The minimum absolute atomic E-state index is 0.123. The topological polar surface area (TPSA) is 34.5 Å². The highest BCUT2D eigenvalue weighted by atomic mass is 32.1. The number of rotatable bonds is 6. The first-order valence-corrected chi connectivity index (χ1v) is 10.3. The minimum Gasteiger partial charge on any atom is -0.373 e. The van der Waals surface area contributed by atoms with Crippen LogP contribution in [0, 0.1) is 0 Å². The number of benzene rings is 1. The number of piperidine rings is 1. The summed E-state index contributed by atoms with van der Waals surface area (Å²) >= 11 is 1.72. The molecular formula is C22H24N2O2S. The van der Waals surface area contributed by atoms with Gasteiger partial charge in [-0.25, -0.2) is 0 Å². The molecule has 0 atom stereocenters. The largest absolute Gasteiger partial charge is 0.373 e. The van der Waals surface area contributed by atoms with Crippen LogP contribution in [-0.2, 0) is 17.9 Å². The lowest BCUT2D eigenvalue weighted by Gasteiger charge is -2.32. The Bertz CT molecular complexity index is 850. The first-order chi connectivity index (χ1) is 13.3. The minimum atomic E-state index is 0.123. The van der Waals surface area contributed by atoms with Crippen LogP contribution in [0.1, 0.15) is 33.8 Å². The van der Waals surface area contributed by atoms with Crippen LogP contribution >= 0.6 is 11.3 Å². The molecule has 0 N–H and O–H groups in total. The molecule has 0 radical (unpaired) electrons. The summed E-state index contributed by atoms with van der Waals surface area (Å²) in [7, 11) is 0. The maximum Gasteiger partial charge on any atom is 0.270 e. The van der Waals surface area contributed by atoms with Crippen LogP contribution in [0.2, 0.25) is 0 Å². The third kappa shape index (κ3) is 4.49. The van der Waals surface area contributed by atoms with Crippen LogP contribution in [0.25, 0.3) is 0 Å². The molecule has 3 aromatic rings. The Hall–Kier alpha value is -2.37. The highest BCUT2D eigenvalue weighted by Gasteiger charge is 2.25. The van der Waals surface area contributed by atoms with Gasteiger partial charge in [0.1, 0.15) is 5.69 Å². The van der Waals surface area contributed by atoms with Gasteiger partial charge in [0, 0.05) is 24.2 Å². The second-order valence-corrected chi connectivity index (χ2v) is 7.92. The SMILES string of the molecule is O=C(c1cccn1Cc1cccs1)N1CCC(OCc2ccccc2)CC1. The summed E-state index contributed by atoms with van der Waals surface area (Å²) in [5.41, 5.74) is 1.97. The molecule has 4 nitrogen and oxygen atoms in total. The molecule has 2 aromatic heterocycles. The fourth-order valence-electron chi connectivity index (χ4n) is 3.49. The number of aromatic nitrogens is 1. The maximum atomic E-state index is 13.0. The van der Waals surface area contributed by atoms with Gasteiger partial charge in [-0.1, -0.05) is 36.4 Å². The number of hydrogen-bond acceptors (Lipinski definition) is 3. The summed E-state index contributed by atoms with van der Waals surface area (Å²) in [6, 6.07) is 18.3.